The maximum Gasteiger partial charge on any atom is 0.123 e. The number of aryl methyl sites for hydroxylation is 2. The van der Waals surface area contributed by atoms with Gasteiger partial charge in [-0.2, -0.15) is 0 Å². The van der Waals surface area contributed by atoms with Crippen molar-refractivity contribution in [3.63, 3.8) is 0 Å². The molecule has 0 bridgehead atoms. The van der Waals surface area contributed by atoms with Crippen LogP contribution in [0, 0.1) is 12.7 Å². The minimum atomic E-state index is -0.790. The van der Waals surface area contributed by atoms with E-state index in [1.54, 1.807) is 6.07 Å². The molecule has 0 saturated heterocycles. The Bertz CT molecular complexity index is 670. The lowest BCUT2D eigenvalue weighted by Crippen LogP contribution is -2.39. The third-order valence-electron chi connectivity index (χ3n) is 4.82. The van der Waals surface area contributed by atoms with Gasteiger partial charge >= 0.3 is 0 Å². The highest BCUT2D eigenvalue weighted by Gasteiger charge is 2.44. The van der Waals surface area contributed by atoms with Gasteiger partial charge in [-0.15, -0.1) is 0 Å². The first-order valence-electron chi connectivity index (χ1n) is 7.31. The van der Waals surface area contributed by atoms with E-state index in [0.717, 1.165) is 24.0 Å². The monoisotopic (exact) mass is 285 g/mol. The van der Waals surface area contributed by atoms with Crippen LogP contribution in [0.4, 0.5) is 4.39 Å². The van der Waals surface area contributed by atoms with Crippen molar-refractivity contribution in [2.75, 3.05) is 6.54 Å². The molecular weight excluding hydrogens is 265 g/mol. The van der Waals surface area contributed by atoms with Crippen LogP contribution in [0.15, 0.2) is 42.5 Å². The molecule has 0 heterocycles. The van der Waals surface area contributed by atoms with Gasteiger partial charge in [0.25, 0.3) is 0 Å². The van der Waals surface area contributed by atoms with Crippen LogP contribution >= 0.6 is 0 Å². The zero-order valence-electron chi connectivity index (χ0n) is 12.1. The highest BCUT2D eigenvalue weighted by molar-refractivity contribution is 5.44. The van der Waals surface area contributed by atoms with E-state index in [2.05, 4.69) is 6.07 Å². The molecule has 1 aliphatic rings. The normalized spacial score (nSPS) is 22.1. The Balaban J connectivity index is 2.11. The van der Waals surface area contributed by atoms with Crippen molar-refractivity contribution >= 4 is 0 Å². The minimum Gasteiger partial charge on any atom is -0.387 e. The molecule has 0 spiro atoms. The van der Waals surface area contributed by atoms with Gasteiger partial charge in [0.2, 0.25) is 0 Å². The molecule has 2 atom stereocenters. The lowest BCUT2D eigenvalue weighted by Gasteiger charge is -2.35. The fourth-order valence-electron chi connectivity index (χ4n) is 3.53. The Morgan fingerprint density at radius 3 is 2.81 bits per heavy atom. The first kappa shape index (κ1) is 14.2. The van der Waals surface area contributed by atoms with Crippen LogP contribution in [0.2, 0.25) is 0 Å². The summed E-state index contributed by atoms with van der Waals surface area (Å²) in [6, 6.07) is 12.6. The van der Waals surface area contributed by atoms with Crippen LogP contribution in [-0.2, 0) is 11.8 Å². The van der Waals surface area contributed by atoms with Crippen molar-refractivity contribution in [3.8, 4) is 0 Å². The zero-order valence-corrected chi connectivity index (χ0v) is 12.1. The van der Waals surface area contributed by atoms with E-state index in [0.29, 0.717) is 12.1 Å². The third kappa shape index (κ3) is 2.17. The molecule has 21 heavy (non-hydrogen) atoms. The largest absolute Gasteiger partial charge is 0.387 e. The van der Waals surface area contributed by atoms with Gasteiger partial charge in [0.1, 0.15) is 5.82 Å². The van der Waals surface area contributed by atoms with E-state index < -0.39 is 11.5 Å². The average molecular weight is 285 g/mol. The molecule has 110 valence electrons. The number of benzene rings is 2. The number of aliphatic hydroxyl groups is 1. The molecule has 0 amide bonds. The van der Waals surface area contributed by atoms with Crippen molar-refractivity contribution in [1.29, 1.82) is 0 Å². The lowest BCUT2D eigenvalue weighted by atomic mass is 9.73. The second-order valence-electron chi connectivity index (χ2n) is 5.92. The Hall–Kier alpha value is -1.71. The maximum atomic E-state index is 13.6. The van der Waals surface area contributed by atoms with Crippen LogP contribution in [0.3, 0.4) is 0 Å². The molecule has 2 nitrogen and oxygen atoms in total. The van der Waals surface area contributed by atoms with Crippen molar-refractivity contribution in [2.45, 2.75) is 31.3 Å². The molecule has 2 unspecified atom stereocenters. The van der Waals surface area contributed by atoms with Gasteiger partial charge in [-0.05, 0) is 54.2 Å². The SMILES string of the molecule is Cc1ccc(F)cc1C(O)C1(CN)CCc2ccccc21. The first-order chi connectivity index (χ1) is 10.1. The summed E-state index contributed by atoms with van der Waals surface area (Å²) in [5, 5.41) is 11.0. The van der Waals surface area contributed by atoms with E-state index in [1.165, 1.54) is 17.7 Å². The summed E-state index contributed by atoms with van der Waals surface area (Å²) in [5.41, 5.74) is 9.40. The molecule has 3 heteroatoms. The van der Waals surface area contributed by atoms with Crippen LogP contribution in [0.5, 0.6) is 0 Å². The van der Waals surface area contributed by atoms with E-state index in [9.17, 15) is 9.50 Å². The molecular formula is C18H20FNO. The second kappa shape index (κ2) is 5.24. The summed E-state index contributed by atoms with van der Waals surface area (Å²) in [7, 11) is 0. The smallest absolute Gasteiger partial charge is 0.123 e. The number of hydrogen-bond acceptors (Lipinski definition) is 2. The second-order valence-corrected chi connectivity index (χ2v) is 5.92. The number of rotatable bonds is 3. The Kier molecular flexibility index (Phi) is 3.56. The van der Waals surface area contributed by atoms with Crippen LogP contribution in [0.25, 0.3) is 0 Å². The van der Waals surface area contributed by atoms with Gasteiger partial charge in [-0.25, -0.2) is 4.39 Å². The third-order valence-corrected chi connectivity index (χ3v) is 4.82. The van der Waals surface area contributed by atoms with Crippen molar-refractivity contribution < 1.29 is 9.50 Å². The fraction of sp³-hybridized carbons (Fsp3) is 0.333. The highest BCUT2D eigenvalue weighted by atomic mass is 19.1. The van der Waals surface area contributed by atoms with Crippen molar-refractivity contribution in [1.82, 2.24) is 0 Å². The predicted octanol–water partition coefficient (Wildman–Crippen LogP) is 3.01. The average Bonchev–Trinajstić information content (AvgIpc) is 2.89. The van der Waals surface area contributed by atoms with Gasteiger partial charge in [-0.3, -0.25) is 0 Å². The predicted molar refractivity (Wildman–Crippen MR) is 81.6 cm³/mol. The lowest BCUT2D eigenvalue weighted by molar-refractivity contribution is 0.0832. The Morgan fingerprint density at radius 1 is 1.29 bits per heavy atom. The van der Waals surface area contributed by atoms with Crippen LogP contribution < -0.4 is 5.73 Å². The van der Waals surface area contributed by atoms with Gasteiger partial charge in [0.05, 0.1) is 6.10 Å². The Morgan fingerprint density at radius 2 is 2.05 bits per heavy atom. The topological polar surface area (TPSA) is 46.2 Å². The molecule has 0 radical (unpaired) electrons. The fourth-order valence-corrected chi connectivity index (χ4v) is 3.53. The molecule has 3 N–H and O–H groups in total. The number of halogens is 1. The summed E-state index contributed by atoms with van der Waals surface area (Å²) >= 11 is 0. The van der Waals surface area contributed by atoms with Crippen LogP contribution in [-0.4, -0.2) is 11.7 Å². The molecule has 0 fully saturated rings. The summed E-state index contributed by atoms with van der Waals surface area (Å²) in [6.45, 7) is 2.24. The molecule has 2 aromatic rings. The molecule has 0 aliphatic heterocycles. The van der Waals surface area contributed by atoms with Crippen molar-refractivity contribution in [3.05, 3.63) is 70.5 Å². The number of aliphatic hydroxyl groups excluding tert-OH is 1. The van der Waals surface area contributed by atoms with E-state index in [-0.39, 0.29) is 5.82 Å². The standard InChI is InChI=1S/C18H20FNO/c1-12-6-7-14(19)10-15(12)17(21)18(11-20)9-8-13-4-2-3-5-16(13)18/h2-7,10,17,21H,8-9,11,20H2,1H3. The molecule has 1 aliphatic carbocycles. The summed E-state index contributed by atoms with van der Waals surface area (Å²) in [5.74, 6) is -0.326. The summed E-state index contributed by atoms with van der Waals surface area (Å²) in [6.07, 6.45) is 0.903. The molecule has 3 rings (SSSR count). The number of nitrogens with two attached hydrogens (primary N) is 1. The first-order valence-corrected chi connectivity index (χ1v) is 7.31. The zero-order chi connectivity index (χ0) is 15.0. The Labute approximate surface area is 124 Å². The summed E-state index contributed by atoms with van der Waals surface area (Å²) in [4.78, 5) is 0. The molecule has 0 saturated carbocycles. The molecule has 2 aromatic carbocycles. The number of fused-ring (bicyclic) bond motifs is 1. The summed E-state index contributed by atoms with van der Waals surface area (Å²) < 4.78 is 13.6. The number of hydrogen-bond donors (Lipinski definition) is 2. The van der Waals surface area contributed by atoms with Crippen molar-refractivity contribution in [2.24, 2.45) is 5.73 Å². The van der Waals surface area contributed by atoms with Gasteiger partial charge < -0.3 is 10.8 Å². The van der Waals surface area contributed by atoms with E-state index in [4.69, 9.17) is 5.73 Å². The van der Waals surface area contributed by atoms with Gasteiger partial charge in [0.15, 0.2) is 0 Å². The minimum absolute atomic E-state index is 0.326. The molecule has 0 aromatic heterocycles. The highest BCUT2D eigenvalue weighted by Crippen LogP contribution is 2.47. The van der Waals surface area contributed by atoms with Gasteiger partial charge in [-0.1, -0.05) is 30.3 Å². The van der Waals surface area contributed by atoms with E-state index >= 15 is 0 Å². The van der Waals surface area contributed by atoms with Gasteiger partial charge in [0, 0.05) is 12.0 Å². The van der Waals surface area contributed by atoms with Crippen LogP contribution in [0.1, 0.15) is 34.8 Å². The van der Waals surface area contributed by atoms with E-state index in [1.807, 2.05) is 25.1 Å². The quantitative estimate of drug-likeness (QED) is 0.910. The maximum absolute atomic E-state index is 13.6.